The summed E-state index contributed by atoms with van der Waals surface area (Å²) in [7, 11) is 1.76. The van der Waals surface area contributed by atoms with Crippen molar-refractivity contribution < 1.29 is 9.53 Å². The molecule has 0 saturated carbocycles. The summed E-state index contributed by atoms with van der Waals surface area (Å²) in [6.07, 6.45) is 0. The van der Waals surface area contributed by atoms with Crippen LogP contribution in [0.2, 0.25) is 0 Å². The molecule has 4 nitrogen and oxygen atoms in total. The van der Waals surface area contributed by atoms with Crippen molar-refractivity contribution in [1.82, 2.24) is 9.88 Å². The molecular weight excluding hydrogens is 260 g/mol. The number of likely N-dealkylation sites (N-methyl/N-ethyl adjacent to an activating group) is 1. The largest absolute Gasteiger partial charge is 0.492 e. The summed E-state index contributed by atoms with van der Waals surface area (Å²) < 4.78 is 5.56. The SMILES string of the molecule is Cc1nc(C(=O)N(C)CCOc2ccccc2)cs1. The first-order valence-corrected chi connectivity index (χ1v) is 6.90. The summed E-state index contributed by atoms with van der Waals surface area (Å²) >= 11 is 1.48. The molecule has 2 aromatic rings. The van der Waals surface area contributed by atoms with E-state index in [4.69, 9.17) is 4.74 Å². The van der Waals surface area contributed by atoms with Gasteiger partial charge in [-0.1, -0.05) is 18.2 Å². The molecule has 0 fully saturated rings. The molecule has 0 spiro atoms. The van der Waals surface area contributed by atoms with E-state index in [-0.39, 0.29) is 5.91 Å². The van der Waals surface area contributed by atoms with E-state index in [2.05, 4.69) is 4.98 Å². The number of hydrogen-bond donors (Lipinski definition) is 0. The third kappa shape index (κ3) is 3.79. The highest BCUT2D eigenvalue weighted by molar-refractivity contribution is 7.09. The highest BCUT2D eigenvalue weighted by Crippen LogP contribution is 2.11. The van der Waals surface area contributed by atoms with Crippen LogP contribution in [0, 0.1) is 6.92 Å². The summed E-state index contributed by atoms with van der Waals surface area (Å²) in [5.74, 6) is 0.744. The van der Waals surface area contributed by atoms with Crippen molar-refractivity contribution >= 4 is 17.2 Å². The number of benzene rings is 1. The van der Waals surface area contributed by atoms with E-state index in [1.54, 1.807) is 17.3 Å². The molecule has 2 rings (SSSR count). The molecule has 1 aromatic heterocycles. The van der Waals surface area contributed by atoms with Gasteiger partial charge in [0.1, 0.15) is 18.1 Å². The average molecular weight is 276 g/mol. The summed E-state index contributed by atoms with van der Waals surface area (Å²) in [4.78, 5) is 17.8. The highest BCUT2D eigenvalue weighted by Gasteiger charge is 2.14. The van der Waals surface area contributed by atoms with Gasteiger partial charge in [0.05, 0.1) is 11.6 Å². The molecule has 5 heteroatoms. The van der Waals surface area contributed by atoms with Crippen LogP contribution in [-0.2, 0) is 0 Å². The van der Waals surface area contributed by atoms with Gasteiger partial charge in [0.15, 0.2) is 0 Å². The van der Waals surface area contributed by atoms with E-state index in [0.29, 0.717) is 18.8 Å². The molecule has 0 unspecified atom stereocenters. The fourth-order valence-electron chi connectivity index (χ4n) is 1.58. The minimum absolute atomic E-state index is 0.0685. The zero-order chi connectivity index (χ0) is 13.7. The Hall–Kier alpha value is -1.88. The number of thiazole rings is 1. The van der Waals surface area contributed by atoms with Gasteiger partial charge < -0.3 is 9.64 Å². The second-order valence-corrected chi connectivity index (χ2v) is 5.20. The van der Waals surface area contributed by atoms with Gasteiger partial charge in [0.25, 0.3) is 5.91 Å². The number of aryl methyl sites for hydroxylation is 1. The maximum atomic E-state index is 12.0. The van der Waals surface area contributed by atoms with Crippen LogP contribution in [0.25, 0.3) is 0 Å². The van der Waals surface area contributed by atoms with Crippen LogP contribution in [0.5, 0.6) is 5.75 Å². The summed E-state index contributed by atoms with van der Waals surface area (Å²) in [6.45, 7) is 2.89. The van der Waals surface area contributed by atoms with Crippen LogP contribution in [0.15, 0.2) is 35.7 Å². The first-order chi connectivity index (χ1) is 9.16. The minimum atomic E-state index is -0.0685. The lowest BCUT2D eigenvalue weighted by atomic mass is 10.3. The van der Waals surface area contributed by atoms with Crippen LogP contribution < -0.4 is 4.74 Å². The highest BCUT2D eigenvalue weighted by atomic mass is 32.1. The van der Waals surface area contributed by atoms with Gasteiger partial charge in [0.2, 0.25) is 0 Å². The zero-order valence-electron chi connectivity index (χ0n) is 11.0. The minimum Gasteiger partial charge on any atom is -0.492 e. The van der Waals surface area contributed by atoms with E-state index in [0.717, 1.165) is 10.8 Å². The van der Waals surface area contributed by atoms with Crippen molar-refractivity contribution in [3.05, 3.63) is 46.4 Å². The molecule has 0 radical (unpaired) electrons. The quantitative estimate of drug-likeness (QED) is 0.843. The first kappa shape index (κ1) is 13.5. The van der Waals surface area contributed by atoms with Gasteiger partial charge in [-0.25, -0.2) is 4.98 Å². The molecule has 0 bridgehead atoms. The number of amides is 1. The molecule has 0 aliphatic carbocycles. The van der Waals surface area contributed by atoms with E-state index < -0.39 is 0 Å². The molecule has 0 aliphatic heterocycles. The summed E-state index contributed by atoms with van der Waals surface area (Å²) in [6, 6.07) is 9.56. The van der Waals surface area contributed by atoms with Gasteiger partial charge in [-0.3, -0.25) is 4.79 Å². The fraction of sp³-hybridized carbons (Fsp3) is 0.286. The van der Waals surface area contributed by atoms with E-state index >= 15 is 0 Å². The van der Waals surface area contributed by atoms with Gasteiger partial charge in [0, 0.05) is 12.4 Å². The first-order valence-electron chi connectivity index (χ1n) is 6.02. The lowest BCUT2D eigenvalue weighted by Gasteiger charge is -2.16. The van der Waals surface area contributed by atoms with Crippen LogP contribution in [-0.4, -0.2) is 36.0 Å². The molecule has 0 aliphatic rings. The van der Waals surface area contributed by atoms with Crippen molar-refractivity contribution in [2.45, 2.75) is 6.92 Å². The Morgan fingerprint density at radius 1 is 1.37 bits per heavy atom. The molecule has 0 atom stereocenters. The van der Waals surface area contributed by atoms with Crippen LogP contribution in [0.1, 0.15) is 15.5 Å². The van der Waals surface area contributed by atoms with Crippen molar-refractivity contribution in [3.8, 4) is 5.75 Å². The van der Waals surface area contributed by atoms with Crippen molar-refractivity contribution in [3.63, 3.8) is 0 Å². The third-order valence-corrected chi connectivity index (χ3v) is 3.40. The number of para-hydroxylation sites is 1. The molecule has 19 heavy (non-hydrogen) atoms. The topological polar surface area (TPSA) is 42.4 Å². The molecule has 1 aromatic carbocycles. The maximum Gasteiger partial charge on any atom is 0.273 e. The number of aromatic nitrogens is 1. The predicted octanol–water partition coefficient (Wildman–Crippen LogP) is 2.60. The lowest BCUT2D eigenvalue weighted by Crippen LogP contribution is -2.31. The second kappa shape index (κ2) is 6.33. The third-order valence-electron chi connectivity index (χ3n) is 2.62. The van der Waals surface area contributed by atoms with Crippen molar-refractivity contribution in [2.24, 2.45) is 0 Å². The smallest absolute Gasteiger partial charge is 0.273 e. The molecule has 100 valence electrons. The molecule has 0 N–H and O–H groups in total. The van der Waals surface area contributed by atoms with Crippen molar-refractivity contribution in [1.29, 1.82) is 0 Å². The number of hydrogen-bond acceptors (Lipinski definition) is 4. The average Bonchev–Trinajstić information content (AvgIpc) is 2.85. The van der Waals surface area contributed by atoms with Gasteiger partial charge in [-0.05, 0) is 19.1 Å². The number of nitrogens with zero attached hydrogens (tertiary/aromatic N) is 2. The Balaban J connectivity index is 1.81. The van der Waals surface area contributed by atoms with E-state index in [1.807, 2.05) is 37.3 Å². The number of rotatable bonds is 5. The van der Waals surface area contributed by atoms with Gasteiger partial charge in [-0.15, -0.1) is 11.3 Å². The summed E-state index contributed by atoms with van der Waals surface area (Å²) in [5.41, 5.74) is 0.504. The normalized spacial score (nSPS) is 10.2. The zero-order valence-corrected chi connectivity index (χ0v) is 11.8. The van der Waals surface area contributed by atoms with Crippen molar-refractivity contribution in [2.75, 3.05) is 20.2 Å². The van der Waals surface area contributed by atoms with Crippen LogP contribution in [0.3, 0.4) is 0 Å². The summed E-state index contributed by atoms with van der Waals surface area (Å²) in [5, 5.41) is 2.68. The number of ether oxygens (including phenoxy) is 1. The molecule has 0 saturated heterocycles. The standard InChI is InChI=1S/C14H16N2O2S/c1-11-15-13(10-19-11)14(17)16(2)8-9-18-12-6-4-3-5-7-12/h3-7,10H,8-9H2,1-2H3. The Morgan fingerprint density at radius 2 is 2.11 bits per heavy atom. The predicted molar refractivity (Wildman–Crippen MR) is 75.7 cm³/mol. The molecular formula is C14H16N2O2S. The fourth-order valence-corrected chi connectivity index (χ4v) is 2.16. The molecule has 1 amide bonds. The van der Waals surface area contributed by atoms with E-state index in [9.17, 15) is 4.79 Å². The number of carbonyl (C=O) groups excluding carboxylic acids is 1. The van der Waals surface area contributed by atoms with E-state index in [1.165, 1.54) is 11.3 Å². The Morgan fingerprint density at radius 3 is 2.74 bits per heavy atom. The number of carbonyl (C=O) groups is 1. The monoisotopic (exact) mass is 276 g/mol. The Bertz CT molecular complexity index is 539. The Kier molecular flexibility index (Phi) is 4.52. The Labute approximate surface area is 116 Å². The van der Waals surface area contributed by atoms with Gasteiger partial charge in [-0.2, -0.15) is 0 Å². The lowest BCUT2D eigenvalue weighted by molar-refractivity contribution is 0.0768. The van der Waals surface area contributed by atoms with Crippen LogP contribution in [0.4, 0.5) is 0 Å². The van der Waals surface area contributed by atoms with Crippen LogP contribution >= 0.6 is 11.3 Å². The molecule has 1 heterocycles. The maximum absolute atomic E-state index is 12.0. The second-order valence-electron chi connectivity index (χ2n) is 4.14. The van der Waals surface area contributed by atoms with Gasteiger partial charge >= 0.3 is 0 Å².